The largest absolute Gasteiger partial charge is 0.275 e. The van der Waals surface area contributed by atoms with E-state index in [0.29, 0.717) is 0 Å². The summed E-state index contributed by atoms with van der Waals surface area (Å²) in [7, 11) is 0. The fourth-order valence-corrected chi connectivity index (χ4v) is 3.87. The molecule has 1 heterocycles. The first kappa shape index (κ1) is 23.2. The third-order valence-corrected chi connectivity index (χ3v) is 5.86. The number of allylic oxidation sites excluding steroid dienone is 5. The summed E-state index contributed by atoms with van der Waals surface area (Å²) in [5.74, 6) is 1.52. The second-order valence-corrected chi connectivity index (χ2v) is 9.31. The Morgan fingerprint density at radius 3 is 2.00 bits per heavy atom. The minimum absolute atomic E-state index is 0.0964. The van der Waals surface area contributed by atoms with Crippen molar-refractivity contribution in [2.24, 2.45) is 0 Å². The Morgan fingerprint density at radius 1 is 0.794 bits per heavy atom. The van der Waals surface area contributed by atoms with Crippen LogP contribution in [0.4, 0.5) is 0 Å². The fraction of sp³-hybridized carbons (Fsp3) is 0.161. The van der Waals surface area contributed by atoms with Crippen LogP contribution in [0.15, 0.2) is 110 Å². The molecular formula is C31H31N3. The molecule has 4 aromatic rings. The van der Waals surface area contributed by atoms with Gasteiger partial charge >= 0.3 is 0 Å². The van der Waals surface area contributed by atoms with Gasteiger partial charge in [0, 0.05) is 16.8 Å². The second-order valence-electron chi connectivity index (χ2n) is 9.31. The Morgan fingerprint density at radius 2 is 1.41 bits per heavy atom. The first-order chi connectivity index (χ1) is 16.4. The topological polar surface area (TPSA) is 30.7 Å². The van der Waals surface area contributed by atoms with Gasteiger partial charge in [0.1, 0.15) is 0 Å². The van der Waals surface area contributed by atoms with Gasteiger partial charge in [0.25, 0.3) is 0 Å². The third kappa shape index (κ3) is 4.99. The maximum Gasteiger partial charge on any atom is 0.168 e. The van der Waals surface area contributed by atoms with Crippen LogP contribution in [0.25, 0.3) is 28.2 Å². The van der Waals surface area contributed by atoms with Crippen LogP contribution in [-0.4, -0.2) is 14.8 Å². The molecule has 0 amide bonds. The number of rotatable bonds is 6. The molecule has 170 valence electrons. The standard InChI is InChI=1S/C31H31N3/c1-6-24(25-13-9-7-10-14-25)18-17-23(2)29-32-33-30(34(29)28-15-11-8-12-16-28)26-19-21-27(22-20-26)31(3,4)5/h6-22H,2H2,1,3-5H3/b18-17-,24-6+. The molecule has 34 heavy (non-hydrogen) atoms. The number of hydrogen-bond donors (Lipinski definition) is 0. The maximum absolute atomic E-state index is 4.58. The lowest BCUT2D eigenvalue weighted by atomic mass is 9.86. The van der Waals surface area contributed by atoms with E-state index in [1.807, 2.05) is 49.4 Å². The first-order valence-electron chi connectivity index (χ1n) is 11.6. The van der Waals surface area contributed by atoms with E-state index < -0.39 is 0 Å². The van der Waals surface area contributed by atoms with Gasteiger partial charge in [0.2, 0.25) is 0 Å². The molecule has 0 aliphatic rings. The molecule has 3 heteroatoms. The Bertz CT molecular complexity index is 1320. The molecule has 0 spiro atoms. The fourth-order valence-electron chi connectivity index (χ4n) is 3.87. The zero-order valence-electron chi connectivity index (χ0n) is 20.4. The number of nitrogens with zero attached hydrogens (tertiary/aromatic N) is 3. The highest BCUT2D eigenvalue weighted by Crippen LogP contribution is 2.29. The molecule has 0 saturated heterocycles. The third-order valence-electron chi connectivity index (χ3n) is 5.86. The summed E-state index contributed by atoms with van der Waals surface area (Å²) in [6, 6.07) is 29.1. The molecule has 0 aliphatic carbocycles. The Hall–Kier alpha value is -3.98. The average molecular weight is 446 g/mol. The molecule has 3 nitrogen and oxygen atoms in total. The van der Waals surface area contributed by atoms with Gasteiger partial charge in [-0.25, -0.2) is 0 Å². The van der Waals surface area contributed by atoms with Crippen LogP contribution in [0.5, 0.6) is 0 Å². The zero-order chi connectivity index (χ0) is 24.1. The lowest BCUT2D eigenvalue weighted by Gasteiger charge is -2.19. The molecule has 3 aromatic carbocycles. The van der Waals surface area contributed by atoms with Gasteiger partial charge in [0.05, 0.1) is 0 Å². The number of para-hydroxylation sites is 1. The molecule has 0 atom stereocenters. The summed E-state index contributed by atoms with van der Waals surface area (Å²) in [6.45, 7) is 13.0. The van der Waals surface area contributed by atoms with Gasteiger partial charge in [-0.1, -0.05) is 118 Å². The van der Waals surface area contributed by atoms with Crippen LogP contribution < -0.4 is 0 Å². The monoisotopic (exact) mass is 445 g/mol. The lowest BCUT2D eigenvalue weighted by Crippen LogP contribution is -2.10. The maximum atomic E-state index is 4.58. The normalized spacial score (nSPS) is 12.3. The van der Waals surface area contributed by atoms with E-state index in [1.165, 1.54) is 11.1 Å². The molecule has 0 radical (unpaired) electrons. The summed E-state index contributed by atoms with van der Waals surface area (Å²) in [5.41, 5.74) is 6.49. The van der Waals surface area contributed by atoms with Crippen molar-refractivity contribution in [3.63, 3.8) is 0 Å². The van der Waals surface area contributed by atoms with Crippen molar-refractivity contribution < 1.29 is 0 Å². The summed E-state index contributed by atoms with van der Waals surface area (Å²) in [4.78, 5) is 0. The van der Waals surface area contributed by atoms with Crippen molar-refractivity contribution in [3.05, 3.63) is 127 Å². The molecule has 0 N–H and O–H groups in total. The summed E-state index contributed by atoms with van der Waals surface area (Å²) in [5, 5.41) is 9.14. The molecule has 0 saturated carbocycles. The van der Waals surface area contributed by atoms with E-state index in [-0.39, 0.29) is 5.41 Å². The van der Waals surface area contributed by atoms with Gasteiger partial charge in [-0.05, 0) is 41.2 Å². The number of benzene rings is 3. The van der Waals surface area contributed by atoms with Crippen molar-refractivity contribution in [1.29, 1.82) is 0 Å². The molecule has 0 fully saturated rings. The van der Waals surface area contributed by atoms with Gasteiger partial charge in [-0.2, -0.15) is 0 Å². The van der Waals surface area contributed by atoms with E-state index in [1.54, 1.807) is 0 Å². The molecule has 4 rings (SSSR count). The Kier molecular flexibility index (Phi) is 6.74. The zero-order valence-corrected chi connectivity index (χ0v) is 20.4. The van der Waals surface area contributed by atoms with Crippen molar-refractivity contribution in [1.82, 2.24) is 14.8 Å². The minimum atomic E-state index is 0.0964. The van der Waals surface area contributed by atoms with Crippen molar-refractivity contribution in [2.45, 2.75) is 33.1 Å². The van der Waals surface area contributed by atoms with E-state index in [2.05, 4.69) is 103 Å². The van der Waals surface area contributed by atoms with Crippen LogP contribution in [0.2, 0.25) is 0 Å². The van der Waals surface area contributed by atoms with Crippen LogP contribution in [-0.2, 0) is 5.41 Å². The SMILES string of the molecule is C=C(/C=C\C(=C/C)c1ccccc1)c1nnc(-c2ccc(C(C)(C)C)cc2)n1-c1ccccc1. The van der Waals surface area contributed by atoms with Crippen molar-refractivity contribution in [2.75, 3.05) is 0 Å². The number of hydrogen-bond acceptors (Lipinski definition) is 2. The number of aromatic nitrogens is 3. The van der Waals surface area contributed by atoms with Crippen LogP contribution >= 0.6 is 0 Å². The predicted molar refractivity (Wildman–Crippen MR) is 144 cm³/mol. The summed E-state index contributed by atoms with van der Waals surface area (Å²) >= 11 is 0. The van der Waals surface area contributed by atoms with Crippen LogP contribution in [0.1, 0.15) is 44.6 Å². The van der Waals surface area contributed by atoms with Crippen LogP contribution in [0, 0.1) is 0 Å². The molecule has 0 bridgehead atoms. The lowest BCUT2D eigenvalue weighted by molar-refractivity contribution is 0.590. The van der Waals surface area contributed by atoms with Gasteiger partial charge in [-0.3, -0.25) is 4.57 Å². The highest BCUT2D eigenvalue weighted by Gasteiger charge is 2.18. The molecule has 1 aromatic heterocycles. The molecular weight excluding hydrogens is 414 g/mol. The van der Waals surface area contributed by atoms with Gasteiger partial charge < -0.3 is 0 Å². The quantitative estimate of drug-likeness (QED) is 0.282. The predicted octanol–water partition coefficient (Wildman–Crippen LogP) is 7.90. The van der Waals surface area contributed by atoms with Crippen LogP contribution in [0.3, 0.4) is 0 Å². The highest BCUT2D eigenvalue weighted by atomic mass is 15.3. The highest BCUT2D eigenvalue weighted by molar-refractivity contribution is 5.80. The smallest absolute Gasteiger partial charge is 0.168 e. The van der Waals surface area contributed by atoms with Crippen molar-refractivity contribution in [3.8, 4) is 17.1 Å². The minimum Gasteiger partial charge on any atom is -0.275 e. The Labute approximate surface area is 202 Å². The Balaban J connectivity index is 1.74. The van der Waals surface area contributed by atoms with Gasteiger partial charge in [-0.15, -0.1) is 10.2 Å². The van der Waals surface area contributed by atoms with Gasteiger partial charge in [0.15, 0.2) is 11.6 Å². The van der Waals surface area contributed by atoms with E-state index in [4.69, 9.17) is 0 Å². The first-order valence-corrected chi connectivity index (χ1v) is 11.6. The van der Waals surface area contributed by atoms with Crippen molar-refractivity contribution >= 4 is 11.1 Å². The van der Waals surface area contributed by atoms with E-state index >= 15 is 0 Å². The van der Waals surface area contributed by atoms with E-state index in [0.717, 1.165) is 34.0 Å². The second kappa shape index (κ2) is 9.88. The van der Waals surface area contributed by atoms with E-state index in [9.17, 15) is 0 Å². The summed E-state index contributed by atoms with van der Waals surface area (Å²) in [6.07, 6.45) is 6.20. The molecule has 0 aliphatic heterocycles. The molecule has 0 unspecified atom stereocenters. The average Bonchev–Trinajstić information content (AvgIpc) is 3.30. The summed E-state index contributed by atoms with van der Waals surface area (Å²) < 4.78 is 2.08.